The number of amides is 1. The first-order valence-corrected chi connectivity index (χ1v) is 11.1. The van der Waals surface area contributed by atoms with Gasteiger partial charge in [-0.3, -0.25) is 9.52 Å². The van der Waals surface area contributed by atoms with Crippen molar-refractivity contribution in [2.24, 2.45) is 0 Å². The molecule has 6 nitrogen and oxygen atoms in total. The first-order chi connectivity index (χ1) is 13.4. The smallest absolute Gasteiger partial charge is 0.261 e. The summed E-state index contributed by atoms with van der Waals surface area (Å²) >= 11 is 0. The first-order valence-electron chi connectivity index (χ1n) is 9.61. The number of piperidine rings is 1. The lowest BCUT2D eigenvalue weighted by Crippen LogP contribution is -2.45. The lowest BCUT2D eigenvalue weighted by Gasteiger charge is -2.37. The maximum atomic E-state index is 13.1. The van der Waals surface area contributed by atoms with Gasteiger partial charge in [0.15, 0.2) is 0 Å². The molecule has 2 heterocycles. The summed E-state index contributed by atoms with van der Waals surface area (Å²) < 4.78 is 33.8. The van der Waals surface area contributed by atoms with E-state index in [9.17, 15) is 13.2 Å². The summed E-state index contributed by atoms with van der Waals surface area (Å²) in [4.78, 5) is 15.2. The quantitative estimate of drug-likeness (QED) is 0.855. The van der Waals surface area contributed by atoms with Crippen LogP contribution in [0.5, 0.6) is 5.75 Å². The maximum Gasteiger partial charge on any atom is 0.261 e. The van der Waals surface area contributed by atoms with E-state index in [4.69, 9.17) is 4.74 Å². The molecule has 28 heavy (non-hydrogen) atoms. The maximum absolute atomic E-state index is 13.1. The number of fused-ring (bicyclic) bond motifs is 2. The Labute approximate surface area is 165 Å². The van der Waals surface area contributed by atoms with Crippen LogP contribution in [-0.2, 0) is 10.0 Å². The highest BCUT2D eigenvalue weighted by molar-refractivity contribution is 7.92. The van der Waals surface area contributed by atoms with Crippen LogP contribution in [0.2, 0.25) is 0 Å². The van der Waals surface area contributed by atoms with Crippen LogP contribution >= 0.6 is 0 Å². The summed E-state index contributed by atoms with van der Waals surface area (Å²) in [5, 5.41) is 0. The van der Waals surface area contributed by atoms with Crippen LogP contribution < -0.4 is 9.46 Å². The molecule has 1 fully saturated rings. The molecule has 4 rings (SSSR count). The summed E-state index contributed by atoms with van der Waals surface area (Å²) in [6.45, 7) is 3.13. The highest BCUT2D eigenvalue weighted by atomic mass is 32.2. The fourth-order valence-corrected chi connectivity index (χ4v) is 5.06. The number of rotatable bonds is 3. The van der Waals surface area contributed by atoms with Crippen molar-refractivity contribution in [3.8, 4) is 5.75 Å². The van der Waals surface area contributed by atoms with Crippen LogP contribution in [0.25, 0.3) is 0 Å². The Morgan fingerprint density at radius 1 is 1.11 bits per heavy atom. The number of carbonyl (C=O) groups is 1. The van der Waals surface area contributed by atoms with Gasteiger partial charge in [0, 0.05) is 24.7 Å². The Morgan fingerprint density at radius 3 is 2.79 bits per heavy atom. The molecule has 7 heteroatoms. The molecule has 0 radical (unpaired) electrons. The molecule has 2 aliphatic heterocycles. The van der Waals surface area contributed by atoms with Gasteiger partial charge in [0.05, 0.1) is 17.1 Å². The fraction of sp³-hybridized carbons (Fsp3) is 0.381. The summed E-state index contributed by atoms with van der Waals surface area (Å²) in [5.74, 6) is 0.420. The van der Waals surface area contributed by atoms with Crippen LogP contribution in [0, 0.1) is 6.92 Å². The Bertz CT molecular complexity index is 1000. The minimum atomic E-state index is -3.74. The third-order valence-corrected chi connectivity index (χ3v) is 6.74. The van der Waals surface area contributed by atoms with Crippen molar-refractivity contribution in [1.29, 1.82) is 0 Å². The molecule has 1 saturated heterocycles. The highest BCUT2D eigenvalue weighted by Gasteiger charge is 2.31. The molecule has 1 atom stereocenters. The summed E-state index contributed by atoms with van der Waals surface area (Å²) in [7, 11) is -3.74. The van der Waals surface area contributed by atoms with Crippen molar-refractivity contribution in [2.45, 2.75) is 43.5 Å². The number of ether oxygens (including phenoxy) is 1. The zero-order valence-electron chi connectivity index (χ0n) is 15.8. The van der Waals surface area contributed by atoms with Crippen molar-refractivity contribution >= 4 is 21.6 Å². The molecule has 148 valence electrons. The normalized spacial score (nSPS) is 19.7. The topological polar surface area (TPSA) is 75.7 Å². The van der Waals surface area contributed by atoms with Gasteiger partial charge in [-0.1, -0.05) is 12.1 Å². The summed E-state index contributed by atoms with van der Waals surface area (Å²) in [6, 6.07) is 11.8. The van der Waals surface area contributed by atoms with E-state index in [0.29, 0.717) is 23.6 Å². The molecule has 0 saturated carbocycles. The molecule has 2 aromatic carbocycles. The molecule has 0 bridgehead atoms. The number of anilines is 1. The molecule has 1 amide bonds. The minimum absolute atomic E-state index is 0.0870. The number of nitrogens with one attached hydrogen (secondary N) is 1. The van der Waals surface area contributed by atoms with Crippen molar-refractivity contribution in [1.82, 2.24) is 4.90 Å². The van der Waals surface area contributed by atoms with Gasteiger partial charge < -0.3 is 9.64 Å². The van der Waals surface area contributed by atoms with Gasteiger partial charge >= 0.3 is 0 Å². The van der Waals surface area contributed by atoms with Crippen molar-refractivity contribution in [3.05, 3.63) is 53.6 Å². The van der Waals surface area contributed by atoms with E-state index in [1.165, 1.54) is 0 Å². The molecule has 0 aromatic heterocycles. The van der Waals surface area contributed by atoms with Crippen LogP contribution in [-0.4, -0.2) is 38.4 Å². The van der Waals surface area contributed by atoms with E-state index < -0.39 is 10.0 Å². The van der Waals surface area contributed by atoms with Gasteiger partial charge in [0.2, 0.25) is 0 Å². The van der Waals surface area contributed by atoms with Crippen LogP contribution in [0.15, 0.2) is 47.4 Å². The SMILES string of the molecule is Cc1cccc(S(=O)(=O)Nc2ccc3c(c2)C(=O)N2CCCCC2CCO3)c1. The lowest BCUT2D eigenvalue weighted by atomic mass is 9.97. The molecule has 2 aromatic rings. The molecular weight excluding hydrogens is 376 g/mol. The number of carbonyl (C=O) groups excluding carboxylic acids is 1. The number of sulfonamides is 1. The minimum Gasteiger partial charge on any atom is -0.493 e. The van der Waals surface area contributed by atoms with Gasteiger partial charge in [-0.25, -0.2) is 8.42 Å². The average molecular weight is 401 g/mol. The summed E-state index contributed by atoms with van der Waals surface area (Å²) in [6.07, 6.45) is 3.94. The highest BCUT2D eigenvalue weighted by Crippen LogP contribution is 2.31. The predicted octanol–water partition coefficient (Wildman–Crippen LogP) is 3.57. The van der Waals surface area contributed by atoms with Crippen molar-refractivity contribution < 1.29 is 17.9 Å². The molecular formula is C21H24N2O4S. The first kappa shape index (κ1) is 18.8. The third kappa shape index (κ3) is 3.71. The predicted molar refractivity (Wildman–Crippen MR) is 107 cm³/mol. The van der Waals surface area contributed by atoms with Gasteiger partial charge in [-0.15, -0.1) is 0 Å². The second-order valence-electron chi connectivity index (χ2n) is 7.42. The molecule has 0 aliphatic carbocycles. The molecule has 0 spiro atoms. The van der Waals surface area contributed by atoms with E-state index in [-0.39, 0.29) is 16.8 Å². The van der Waals surface area contributed by atoms with E-state index >= 15 is 0 Å². The van der Waals surface area contributed by atoms with Gasteiger partial charge in [0.25, 0.3) is 15.9 Å². The van der Waals surface area contributed by atoms with Gasteiger partial charge in [-0.05, 0) is 62.1 Å². The van der Waals surface area contributed by atoms with E-state index in [2.05, 4.69) is 4.72 Å². The number of nitrogens with zero attached hydrogens (tertiary/aromatic N) is 1. The Morgan fingerprint density at radius 2 is 1.96 bits per heavy atom. The second kappa shape index (κ2) is 7.47. The Balaban J connectivity index is 1.65. The number of benzene rings is 2. The largest absolute Gasteiger partial charge is 0.493 e. The second-order valence-corrected chi connectivity index (χ2v) is 9.10. The van der Waals surface area contributed by atoms with Crippen molar-refractivity contribution in [3.63, 3.8) is 0 Å². The standard InChI is InChI=1S/C21H24N2O4S/c1-15-5-4-7-18(13-15)28(25,26)22-16-8-9-20-19(14-16)21(24)23-11-3-2-6-17(23)10-12-27-20/h4-5,7-9,13-14,17,22H,2-3,6,10-12H2,1H3. The fourth-order valence-electron chi connectivity index (χ4n) is 3.91. The zero-order chi connectivity index (χ0) is 19.7. The van der Waals surface area contributed by atoms with Crippen LogP contribution in [0.1, 0.15) is 41.6 Å². The van der Waals surface area contributed by atoms with E-state index in [1.54, 1.807) is 36.4 Å². The number of hydrogen-bond donors (Lipinski definition) is 1. The van der Waals surface area contributed by atoms with Gasteiger partial charge in [0.1, 0.15) is 5.75 Å². The van der Waals surface area contributed by atoms with Crippen LogP contribution in [0.3, 0.4) is 0 Å². The zero-order valence-corrected chi connectivity index (χ0v) is 16.7. The monoisotopic (exact) mass is 400 g/mol. The van der Waals surface area contributed by atoms with E-state index in [1.807, 2.05) is 17.9 Å². The third-order valence-electron chi connectivity index (χ3n) is 5.36. The number of hydrogen-bond acceptors (Lipinski definition) is 4. The summed E-state index contributed by atoms with van der Waals surface area (Å²) in [5.41, 5.74) is 1.63. The average Bonchev–Trinajstić information content (AvgIpc) is 2.67. The number of aryl methyl sites for hydroxylation is 1. The molecule has 2 aliphatic rings. The molecule has 1 unspecified atom stereocenters. The van der Waals surface area contributed by atoms with Gasteiger partial charge in [-0.2, -0.15) is 0 Å². The Hall–Kier alpha value is -2.54. The van der Waals surface area contributed by atoms with E-state index in [0.717, 1.165) is 37.8 Å². The lowest BCUT2D eigenvalue weighted by molar-refractivity contribution is 0.0548. The Kier molecular flexibility index (Phi) is 5.02. The van der Waals surface area contributed by atoms with Crippen LogP contribution in [0.4, 0.5) is 5.69 Å². The van der Waals surface area contributed by atoms with Crippen molar-refractivity contribution in [2.75, 3.05) is 17.9 Å². The molecule has 1 N–H and O–H groups in total.